The maximum atomic E-state index is 12.4. The molecule has 3 atom stereocenters. The Bertz CT molecular complexity index is 509. The molecule has 1 heterocycles. The van der Waals surface area contributed by atoms with Gasteiger partial charge in [-0.1, -0.05) is 31.2 Å². The van der Waals surface area contributed by atoms with E-state index in [1.165, 1.54) is 24.0 Å². The zero-order valence-electron chi connectivity index (χ0n) is 12.6. The number of rotatable bonds is 4. The van der Waals surface area contributed by atoms with Gasteiger partial charge in [0.2, 0.25) is 5.91 Å². The van der Waals surface area contributed by atoms with E-state index in [1.807, 2.05) is 6.92 Å². The van der Waals surface area contributed by atoms with E-state index in [2.05, 4.69) is 48.3 Å². The summed E-state index contributed by atoms with van der Waals surface area (Å²) >= 11 is 0. The van der Waals surface area contributed by atoms with Crippen molar-refractivity contribution in [3.05, 3.63) is 35.4 Å². The van der Waals surface area contributed by atoms with Gasteiger partial charge in [-0.3, -0.25) is 10.1 Å². The van der Waals surface area contributed by atoms with Gasteiger partial charge in [0.15, 0.2) is 0 Å². The fourth-order valence-corrected chi connectivity index (χ4v) is 3.25. The Morgan fingerprint density at radius 1 is 1.35 bits per heavy atom. The predicted octanol–water partition coefficient (Wildman–Crippen LogP) is 2.86. The standard InChI is InChI=1S/C17H24N2O/c1-11-6-4-5-7-15(11)16-18-13(3)17(20)19(16)10-12(2)14-8-9-14/h4-7,12-14,16,18H,8-10H2,1-3H3. The lowest BCUT2D eigenvalue weighted by Gasteiger charge is -2.28. The lowest BCUT2D eigenvalue weighted by molar-refractivity contribution is -0.130. The largest absolute Gasteiger partial charge is 0.321 e. The molecule has 1 N–H and O–H groups in total. The summed E-state index contributed by atoms with van der Waals surface area (Å²) < 4.78 is 0. The third-order valence-corrected chi connectivity index (χ3v) is 4.77. The molecule has 1 aromatic carbocycles. The van der Waals surface area contributed by atoms with Crippen molar-refractivity contribution in [2.24, 2.45) is 11.8 Å². The molecule has 3 nitrogen and oxygen atoms in total. The number of benzene rings is 1. The van der Waals surface area contributed by atoms with Gasteiger partial charge in [0.1, 0.15) is 6.17 Å². The van der Waals surface area contributed by atoms with Gasteiger partial charge < -0.3 is 4.90 Å². The SMILES string of the molecule is Cc1ccccc1C1NC(C)C(=O)N1CC(C)C1CC1. The van der Waals surface area contributed by atoms with Crippen LogP contribution >= 0.6 is 0 Å². The average Bonchev–Trinajstić information content (AvgIpc) is 3.23. The van der Waals surface area contributed by atoms with Crippen LogP contribution in [-0.4, -0.2) is 23.4 Å². The van der Waals surface area contributed by atoms with Crippen molar-refractivity contribution in [2.45, 2.75) is 45.8 Å². The van der Waals surface area contributed by atoms with Crippen LogP contribution in [0, 0.1) is 18.8 Å². The molecule has 3 rings (SSSR count). The normalized spacial score (nSPS) is 27.9. The number of hydrogen-bond acceptors (Lipinski definition) is 2. The summed E-state index contributed by atoms with van der Waals surface area (Å²) in [5, 5.41) is 3.45. The topological polar surface area (TPSA) is 32.3 Å². The summed E-state index contributed by atoms with van der Waals surface area (Å²) in [6.07, 6.45) is 2.71. The maximum Gasteiger partial charge on any atom is 0.241 e. The summed E-state index contributed by atoms with van der Waals surface area (Å²) in [6, 6.07) is 8.28. The Kier molecular flexibility index (Phi) is 3.55. The van der Waals surface area contributed by atoms with Crippen LogP contribution in [0.5, 0.6) is 0 Å². The molecule has 2 fully saturated rings. The van der Waals surface area contributed by atoms with Gasteiger partial charge in [0, 0.05) is 6.54 Å². The Morgan fingerprint density at radius 2 is 2.05 bits per heavy atom. The van der Waals surface area contributed by atoms with Gasteiger partial charge >= 0.3 is 0 Å². The first kappa shape index (κ1) is 13.6. The quantitative estimate of drug-likeness (QED) is 0.914. The van der Waals surface area contributed by atoms with Gasteiger partial charge in [-0.25, -0.2) is 0 Å². The molecule has 0 aromatic heterocycles. The molecular formula is C17H24N2O. The summed E-state index contributed by atoms with van der Waals surface area (Å²) in [5.41, 5.74) is 2.48. The first-order valence-electron chi connectivity index (χ1n) is 7.70. The van der Waals surface area contributed by atoms with Crippen LogP contribution in [0.2, 0.25) is 0 Å². The number of hydrogen-bond donors (Lipinski definition) is 1. The molecule has 20 heavy (non-hydrogen) atoms. The van der Waals surface area contributed by atoms with Gasteiger partial charge in [-0.2, -0.15) is 0 Å². The molecule has 1 aliphatic heterocycles. The van der Waals surface area contributed by atoms with E-state index in [0.717, 1.165) is 12.5 Å². The minimum atomic E-state index is -0.0778. The minimum absolute atomic E-state index is 0.0416. The highest BCUT2D eigenvalue weighted by Crippen LogP contribution is 2.38. The summed E-state index contributed by atoms with van der Waals surface area (Å²) in [7, 11) is 0. The second-order valence-electron chi connectivity index (χ2n) is 6.45. The molecule has 1 aliphatic carbocycles. The smallest absolute Gasteiger partial charge is 0.241 e. The van der Waals surface area contributed by atoms with Gasteiger partial charge in [-0.15, -0.1) is 0 Å². The number of nitrogens with one attached hydrogen (secondary N) is 1. The van der Waals surface area contributed by atoms with E-state index >= 15 is 0 Å². The third kappa shape index (κ3) is 2.47. The number of carbonyl (C=O) groups is 1. The van der Waals surface area contributed by atoms with Crippen molar-refractivity contribution in [2.75, 3.05) is 6.54 Å². The molecule has 1 saturated carbocycles. The summed E-state index contributed by atoms with van der Waals surface area (Å²) in [5.74, 6) is 1.68. The first-order valence-corrected chi connectivity index (χ1v) is 7.70. The Labute approximate surface area is 121 Å². The monoisotopic (exact) mass is 272 g/mol. The van der Waals surface area contributed by atoms with Crippen LogP contribution in [0.25, 0.3) is 0 Å². The van der Waals surface area contributed by atoms with E-state index in [1.54, 1.807) is 0 Å². The van der Waals surface area contributed by atoms with Gasteiger partial charge in [-0.05, 0) is 49.7 Å². The Balaban J connectivity index is 1.84. The lowest BCUT2D eigenvalue weighted by Crippen LogP contribution is -2.35. The second kappa shape index (κ2) is 5.21. The van der Waals surface area contributed by atoms with Crippen molar-refractivity contribution in [3.63, 3.8) is 0 Å². The van der Waals surface area contributed by atoms with Crippen molar-refractivity contribution in [3.8, 4) is 0 Å². The average molecular weight is 272 g/mol. The fourth-order valence-electron chi connectivity index (χ4n) is 3.25. The van der Waals surface area contributed by atoms with Crippen LogP contribution in [0.4, 0.5) is 0 Å². The van der Waals surface area contributed by atoms with Crippen LogP contribution < -0.4 is 5.32 Å². The van der Waals surface area contributed by atoms with Crippen LogP contribution in [-0.2, 0) is 4.79 Å². The van der Waals surface area contributed by atoms with E-state index in [4.69, 9.17) is 0 Å². The molecule has 0 radical (unpaired) electrons. The highest BCUT2D eigenvalue weighted by atomic mass is 16.2. The van der Waals surface area contributed by atoms with Crippen molar-refractivity contribution in [1.29, 1.82) is 0 Å². The van der Waals surface area contributed by atoms with Crippen LogP contribution in [0.15, 0.2) is 24.3 Å². The number of carbonyl (C=O) groups excluding carboxylic acids is 1. The first-order chi connectivity index (χ1) is 9.58. The highest BCUT2D eigenvalue weighted by molar-refractivity contribution is 5.84. The maximum absolute atomic E-state index is 12.4. The molecule has 2 aliphatic rings. The van der Waals surface area contributed by atoms with Crippen molar-refractivity contribution in [1.82, 2.24) is 10.2 Å². The second-order valence-corrected chi connectivity index (χ2v) is 6.45. The molecule has 1 aromatic rings. The van der Waals surface area contributed by atoms with E-state index in [9.17, 15) is 4.79 Å². The third-order valence-electron chi connectivity index (χ3n) is 4.77. The molecule has 0 spiro atoms. The Morgan fingerprint density at radius 3 is 2.70 bits per heavy atom. The molecule has 1 saturated heterocycles. The number of aryl methyl sites for hydroxylation is 1. The van der Waals surface area contributed by atoms with Gasteiger partial charge in [0.25, 0.3) is 0 Å². The number of amides is 1. The summed E-state index contributed by atoms with van der Waals surface area (Å²) in [6.45, 7) is 7.24. The van der Waals surface area contributed by atoms with Crippen LogP contribution in [0.3, 0.4) is 0 Å². The molecule has 3 heteroatoms. The minimum Gasteiger partial charge on any atom is -0.321 e. The Hall–Kier alpha value is -1.35. The van der Waals surface area contributed by atoms with E-state index in [0.29, 0.717) is 5.92 Å². The van der Waals surface area contributed by atoms with E-state index < -0.39 is 0 Å². The molecule has 108 valence electrons. The zero-order chi connectivity index (χ0) is 14.3. The van der Waals surface area contributed by atoms with Crippen molar-refractivity contribution >= 4 is 5.91 Å². The van der Waals surface area contributed by atoms with Crippen molar-refractivity contribution < 1.29 is 4.79 Å². The highest BCUT2D eigenvalue weighted by Gasteiger charge is 2.40. The molecule has 3 unspecified atom stereocenters. The van der Waals surface area contributed by atoms with E-state index in [-0.39, 0.29) is 18.1 Å². The lowest BCUT2D eigenvalue weighted by atomic mass is 10.0. The van der Waals surface area contributed by atoms with Crippen LogP contribution in [0.1, 0.15) is 44.0 Å². The van der Waals surface area contributed by atoms with Gasteiger partial charge in [0.05, 0.1) is 6.04 Å². The summed E-state index contributed by atoms with van der Waals surface area (Å²) in [4.78, 5) is 14.5. The molecular weight excluding hydrogens is 248 g/mol. The fraction of sp³-hybridized carbons (Fsp3) is 0.588. The predicted molar refractivity (Wildman–Crippen MR) is 80.1 cm³/mol. The molecule has 1 amide bonds. The zero-order valence-corrected chi connectivity index (χ0v) is 12.6. The molecule has 0 bridgehead atoms. The number of nitrogens with zero attached hydrogens (tertiary/aromatic N) is 1.